The van der Waals surface area contributed by atoms with Crippen LogP contribution in [0.15, 0.2) is 30.3 Å². The van der Waals surface area contributed by atoms with Crippen LogP contribution in [0.4, 0.5) is 5.69 Å². The standard InChI is InChI=1S/C23H24N2O6/c1-28-19-7-14-5-6-24(11-15(14)8-20(19)29-2)23(27)16-9-22(26)25(12-16)17-3-4-18-21(10-17)31-13-30-18/h3-4,7-8,10,16H,5-6,9,11-13H2,1-2H3. The number of amides is 2. The number of hydrogen-bond acceptors (Lipinski definition) is 6. The van der Waals surface area contributed by atoms with E-state index in [9.17, 15) is 9.59 Å². The van der Waals surface area contributed by atoms with Crippen molar-refractivity contribution in [1.29, 1.82) is 0 Å². The molecule has 3 heterocycles. The molecule has 3 aliphatic heterocycles. The molecule has 2 aromatic rings. The largest absolute Gasteiger partial charge is 0.493 e. The first-order chi connectivity index (χ1) is 15.1. The van der Waals surface area contributed by atoms with Gasteiger partial charge in [0.25, 0.3) is 0 Å². The minimum atomic E-state index is -0.361. The van der Waals surface area contributed by atoms with E-state index in [0.29, 0.717) is 42.6 Å². The molecule has 1 unspecified atom stereocenters. The van der Waals surface area contributed by atoms with Gasteiger partial charge in [-0.3, -0.25) is 9.59 Å². The van der Waals surface area contributed by atoms with E-state index in [1.165, 1.54) is 0 Å². The molecule has 1 atom stereocenters. The molecular formula is C23H24N2O6. The van der Waals surface area contributed by atoms with Crippen molar-refractivity contribution in [3.05, 3.63) is 41.5 Å². The third kappa shape index (κ3) is 3.41. The maximum absolute atomic E-state index is 13.2. The summed E-state index contributed by atoms with van der Waals surface area (Å²) in [6, 6.07) is 9.34. The summed E-state index contributed by atoms with van der Waals surface area (Å²) in [5.74, 6) is 2.24. The predicted molar refractivity (Wildman–Crippen MR) is 112 cm³/mol. The molecule has 162 valence electrons. The van der Waals surface area contributed by atoms with Gasteiger partial charge in [-0.15, -0.1) is 0 Å². The third-order valence-corrected chi connectivity index (χ3v) is 6.17. The van der Waals surface area contributed by atoms with Gasteiger partial charge < -0.3 is 28.7 Å². The number of methoxy groups -OCH3 is 2. The van der Waals surface area contributed by atoms with Gasteiger partial charge in [0.15, 0.2) is 23.0 Å². The minimum absolute atomic E-state index is 0.0111. The number of hydrogen-bond donors (Lipinski definition) is 0. The molecule has 3 aliphatic rings. The van der Waals surface area contributed by atoms with Crippen LogP contribution in [0.3, 0.4) is 0 Å². The van der Waals surface area contributed by atoms with E-state index < -0.39 is 0 Å². The van der Waals surface area contributed by atoms with Crippen molar-refractivity contribution in [3.8, 4) is 23.0 Å². The maximum atomic E-state index is 13.2. The van der Waals surface area contributed by atoms with Crippen molar-refractivity contribution in [1.82, 2.24) is 4.90 Å². The maximum Gasteiger partial charge on any atom is 0.231 e. The Hall–Kier alpha value is -3.42. The molecule has 0 spiro atoms. The summed E-state index contributed by atoms with van der Waals surface area (Å²) in [5, 5.41) is 0. The van der Waals surface area contributed by atoms with Crippen molar-refractivity contribution in [2.75, 3.05) is 39.0 Å². The summed E-state index contributed by atoms with van der Waals surface area (Å²) in [6.45, 7) is 1.67. The molecule has 0 aromatic heterocycles. The lowest BCUT2D eigenvalue weighted by atomic mass is 9.97. The fourth-order valence-corrected chi connectivity index (χ4v) is 4.51. The lowest BCUT2D eigenvalue weighted by molar-refractivity contribution is -0.136. The Kier molecular flexibility index (Phi) is 4.84. The number of rotatable bonds is 4. The zero-order valence-corrected chi connectivity index (χ0v) is 17.6. The minimum Gasteiger partial charge on any atom is -0.493 e. The van der Waals surface area contributed by atoms with Crippen LogP contribution in [0.5, 0.6) is 23.0 Å². The van der Waals surface area contributed by atoms with Crippen LogP contribution >= 0.6 is 0 Å². The van der Waals surface area contributed by atoms with E-state index in [1.54, 1.807) is 31.3 Å². The van der Waals surface area contributed by atoms with Gasteiger partial charge in [0.2, 0.25) is 18.6 Å². The summed E-state index contributed by atoms with van der Waals surface area (Å²) in [7, 11) is 3.22. The van der Waals surface area contributed by atoms with Gasteiger partial charge in [-0.25, -0.2) is 0 Å². The van der Waals surface area contributed by atoms with Gasteiger partial charge in [0.1, 0.15) is 0 Å². The van der Waals surface area contributed by atoms with Crippen molar-refractivity contribution in [2.24, 2.45) is 5.92 Å². The monoisotopic (exact) mass is 424 g/mol. The van der Waals surface area contributed by atoms with E-state index in [2.05, 4.69) is 0 Å². The molecule has 0 saturated carbocycles. The Morgan fingerprint density at radius 1 is 1.03 bits per heavy atom. The van der Waals surface area contributed by atoms with Crippen LogP contribution in [-0.2, 0) is 22.6 Å². The van der Waals surface area contributed by atoms with Crippen LogP contribution in [-0.4, -0.2) is 50.8 Å². The molecule has 8 nitrogen and oxygen atoms in total. The summed E-state index contributed by atoms with van der Waals surface area (Å²) in [4.78, 5) is 29.4. The van der Waals surface area contributed by atoms with Crippen molar-refractivity contribution in [2.45, 2.75) is 19.4 Å². The first-order valence-electron chi connectivity index (χ1n) is 10.3. The second-order valence-corrected chi connectivity index (χ2v) is 7.93. The fraction of sp³-hybridized carbons (Fsp3) is 0.391. The Balaban J connectivity index is 1.31. The van der Waals surface area contributed by atoms with Crippen LogP contribution < -0.4 is 23.8 Å². The summed E-state index contributed by atoms with van der Waals surface area (Å²) < 4.78 is 21.5. The molecule has 0 radical (unpaired) electrons. The van der Waals surface area contributed by atoms with Crippen molar-refractivity contribution < 1.29 is 28.5 Å². The second kappa shape index (κ2) is 7.68. The van der Waals surface area contributed by atoms with Crippen LogP contribution in [0.2, 0.25) is 0 Å². The number of anilines is 1. The molecule has 1 fully saturated rings. The quantitative estimate of drug-likeness (QED) is 0.750. The van der Waals surface area contributed by atoms with E-state index in [4.69, 9.17) is 18.9 Å². The molecule has 0 bridgehead atoms. The highest BCUT2D eigenvalue weighted by atomic mass is 16.7. The SMILES string of the molecule is COc1cc2c(cc1OC)CN(C(=O)C1CC(=O)N(c3ccc4c(c3)OCO4)C1)CC2. The number of ether oxygens (including phenoxy) is 4. The van der Waals surface area contributed by atoms with Gasteiger partial charge >= 0.3 is 0 Å². The van der Waals surface area contributed by atoms with E-state index in [-0.39, 0.29) is 30.9 Å². The summed E-state index contributed by atoms with van der Waals surface area (Å²) in [5.41, 5.74) is 2.94. The van der Waals surface area contributed by atoms with Crippen molar-refractivity contribution >= 4 is 17.5 Å². The summed E-state index contributed by atoms with van der Waals surface area (Å²) in [6.07, 6.45) is 0.955. The number of fused-ring (bicyclic) bond motifs is 2. The van der Waals surface area contributed by atoms with Gasteiger partial charge in [0.05, 0.1) is 20.1 Å². The van der Waals surface area contributed by atoms with E-state index in [0.717, 1.165) is 23.2 Å². The first-order valence-corrected chi connectivity index (χ1v) is 10.3. The average molecular weight is 424 g/mol. The lowest BCUT2D eigenvalue weighted by Gasteiger charge is -2.31. The Bertz CT molecular complexity index is 1050. The number of carbonyl (C=O) groups is 2. The van der Waals surface area contributed by atoms with Crippen LogP contribution in [0, 0.1) is 5.92 Å². The topological polar surface area (TPSA) is 77.5 Å². The molecule has 0 aliphatic carbocycles. The van der Waals surface area contributed by atoms with Gasteiger partial charge in [-0.2, -0.15) is 0 Å². The zero-order valence-electron chi connectivity index (χ0n) is 17.6. The molecule has 8 heteroatoms. The van der Waals surface area contributed by atoms with Gasteiger partial charge in [0, 0.05) is 37.8 Å². The highest BCUT2D eigenvalue weighted by molar-refractivity contribution is 6.00. The normalized spacial score (nSPS) is 19.4. The number of carbonyl (C=O) groups excluding carboxylic acids is 2. The Labute approximate surface area is 180 Å². The molecule has 31 heavy (non-hydrogen) atoms. The molecule has 2 aromatic carbocycles. The van der Waals surface area contributed by atoms with Gasteiger partial charge in [-0.05, 0) is 41.8 Å². The van der Waals surface area contributed by atoms with E-state index >= 15 is 0 Å². The fourth-order valence-electron chi connectivity index (χ4n) is 4.51. The number of benzene rings is 2. The second-order valence-electron chi connectivity index (χ2n) is 7.93. The van der Waals surface area contributed by atoms with Crippen LogP contribution in [0.1, 0.15) is 17.5 Å². The Morgan fingerprint density at radius 2 is 1.77 bits per heavy atom. The first kappa shape index (κ1) is 19.5. The molecule has 0 N–H and O–H groups in total. The summed E-state index contributed by atoms with van der Waals surface area (Å²) >= 11 is 0. The van der Waals surface area contributed by atoms with E-state index in [1.807, 2.05) is 23.1 Å². The highest BCUT2D eigenvalue weighted by Gasteiger charge is 2.38. The predicted octanol–water partition coefficient (Wildman–Crippen LogP) is 2.37. The molecule has 5 rings (SSSR count). The highest BCUT2D eigenvalue weighted by Crippen LogP contribution is 2.38. The zero-order chi connectivity index (χ0) is 21.5. The number of nitrogens with zero attached hydrogens (tertiary/aromatic N) is 2. The smallest absolute Gasteiger partial charge is 0.231 e. The lowest BCUT2D eigenvalue weighted by Crippen LogP contribution is -2.40. The van der Waals surface area contributed by atoms with Gasteiger partial charge in [-0.1, -0.05) is 0 Å². The average Bonchev–Trinajstić information content (AvgIpc) is 3.42. The molecule has 2 amide bonds. The molecular weight excluding hydrogens is 400 g/mol. The third-order valence-electron chi connectivity index (χ3n) is 6.17. The molecule has 1 saturated heterocycles. The van der Waals surface area contributed by atoms with Crippen LogP contribution in [0.25, 0.3) is 0 Å². The Morgan fingerprint density at radius 3 is 2.55 bits per heavy atom. The van der Waals surface area contributed by atoms with Crippen molar-refractivity contribution in [3.63, 3.8) is 0 Å².